The number of carboxylic acid groups (broad SMARTS) is 1. The normalized spacial score (nSPS) is 12.7. The third kappa shape index (κ3) is 3.95. The summed E-state index contributed by atoms with van der Waals surface area (Å²) in [5, 5.41) is 10.0. The number of sulfonamides is 1. The number of carboxylic acids is 1. The van der Waals surface area contributed by atoms with Crippen molar-refractivity contribution in [1.29, 1.82) is 0 Å². The van der Waals surface area contributed by atoms with Gasteiger partial charge in [0.05, 0.1) is 10.6 Å². The van der Waals surface area contributed by atoms with Gasteiger partial charge in [0.25, 0.3) is 10.0 Å². The van der Waals surface area contributed by atoms with E-state index in [1.165, 1.54) is 49.4 Å². The molecule has 0 aromatic heterocycles. The molecule has 24 heavy (non-hydrogen) atoms. The predicted octanol–water partition coefficient (Wildman–Crippen LogP) is 4.32. The Morgan fingerprint density at radius 1 is 1.00 bits per heavy atom. The molecule has 0 saturated heterocycles. The third-order valence-corrected chi connectivity index (χ3v) is 5.78. The first-order chi connectivity index (χ1) is 11.1. The van der Waals surface area contributed by atoms with Crippen molar-refractivity contribution in [3.05, 3.63) is 57.5 Å². The second-order valence-corrected chi connectivity index (χ2v) is 8.02. The van der Waals surface area contributed by atoms with Gasteiger partial charge in [-0.25, -0.2) is 13.2 Å². The minimum Gasteiger partial charge on any atom is -0.480 e. The van der Waals surface area contributed by atoms with Gasteiger partial charge in [-0.05, 0) is 49.4 Å². The van der Waals surface area contributed by atoms with Crippen LogP contribution in [0.15, 0.2) is 47.4 Å². The Hall–Kier alpha value is -1.47. The fraction of sp³-hybridized carbons (Fsp3) is 0.133. The predicted molar refractivity (Wildman–Crippen MR) is 94.7 cm³/mol. The molecule has 2 rings (SSSR count). The molecule has 0 aliphatic heterocycles. The van der Waals surface area contributed by atoms with Crippen molar-refractivity contribution in [2.24, 2.45) is 0 Å². The van der Waals surface area contributed by atoms with Crippen LogP contribution in [0.25, 0.3) is 0 Å². The smallest absolute Gasteiger partial charge is 0.327 e. The number of hydrogen-bond donors (Lipinski definition) is 1. The van der Waals surface area contributed by atoms with Gasteiger partial charge in [-0.1, -0.05) is 34.8 Å². The van der Waals surface area contributed by atoms with Crippen molar-refractivity contribution in [2.75, 3.05) is 4.31 Å². The maximum Gasteiger partial charge on any atom is 0.327 e. The van der Waals surface area contributed by atoms with E-state index in [0.717, 1.165) is 4.31 Å². The fourth-order valence-corrected chi connectivity index (χ4v) is 4.29. The Labute approximate surface area is 154 Å². The van der Waals surface area contributed by atoms with E-state index in [2.05, 4.69) is 0 Å². The van der Waals surface area contributed by atoms with Gasteiger partial charge in [0.15, 0.2) is 0 Å². The molecule has 2 aromatic carbocycles. The molecule has 0 heterocycles. The maximum absolute atomic E-state index is 12.9. The molecule has 5 nitrogen and oxygen atoms in total. The van der Waals surface area contributed by atoms with Crippen molar-refractivity contribution >= 4 is 56.5 Å². The summed E-state index contributed by atoms with van der Waals surface area (Å²) in [6.45, 7) is 1.25. The van der Waals surface area contributed by atoms with Crippen molar-refractivity contribution in [1.82, 2.24) is 0 Å². The largest absolute Gasteiger partial charge is 0.480 e. The lowest BCUT2D eigenvalue weighted by atomic mass is 10.2. The highest BCUT2D eigenvalue weighted by Crippen LogP contribution is 2.31. The van der Waals surface area contributed by atoms with Crippen molar-refractivity contribution in [3.8, 4) is 0 Å². The van der Waals surface area contributed by atoms with Crippen LogP contribution in [0.4, 0.5) is 5.69 Å². The molecular formula is C15H12Cl3NO4S. The maximum atomic E-state index is 12.9. The number of aliphatic carboxylic acids is 1. The van der Waals surface area contributed by atoms with Gasteiger partial charge in [0.1, 0.15) is 6.04 Å². The van der Waals surface area contributed by atoms with E-state index in [1.54, 1.807) is 0 Å². The van der Waals surface area contributed by atoms with Crippen LogP contribution >= 0.6 is 34.8 Å². The quantitative estimate of drug-likeness (QED) is 0.799. The first kappa shape index (κ1) is 18.9. The van der Waals surface area contributed by atoms with Crippen LogP contribution in [-0.2, 0) is 14.8 Å². The monoisotopic (exact) mass is 407 g/mol. The minimum absolute atomic E-state index is 0.0531. The molecule has 0 fully saturated rings. The van der Waals surface area contributed by atoms with Gasteiger partial charge in [-0.3, -0.25) is 4.31 Å². The number of nitrogens with zero attached hydrogens (tertiary/aromatic N) is 1. The highest BCUT2D eigenvalue weighted by atomic mass is 35.5. The lowest BCUT2D eigenvalue weighted by molar-refractivity contribution is -0.137. The number of carbonyl (C=O) groups is 1. The molecule has 0 spiro atoms. The molecule has 0 radical (unpaired) electrons. The molecule has 9 heteroatoms. The first-order valence-electron chi connectivity index (χ1n) is 6.62. The topological polar surface area (TPSA) is 74.7 Å². The Morgan fingerprint density at radius 2 is 1.50 bits per heavy atom. The summed E-state index contributed by atoms with van der Waals surface area (Å²) in [7, 11) is -4.17. The van der Waals surface area contributed by atoms with Gasteiger partial charge in [0, 0.05) is 15.1 Å². The lowest BCUT2D eigenvalue weighted by Crippen LogP contribution is -2.43. The number of anilines is 1. The first-order valence-corrected chi connectivity index (χ1v) is 9.19. The summed E-state index contributed by atoms with van der Waals surface area (Å²) in [5.41, 5.74) is 0.0531. The summed E-state index contributed by atoms with van der Waals surface area (Å²) in [6.07, 6.45) is 0. The number of rotatable bonds is 5. The van der Waals surface area contributed by atoms with Gasteiger partial charge in [-0.2, -0.15) is 0 Å². The van der Waals surface area contributed by atoms with E-state index < -0.39 is 22.0 Å². The van der Waals surface area contributed by atoms with Crippen LogP contribution in [0.5, 0.6) is 0 Å². The molecule has 0 aliphatic carbocycles. The van der Waals surface area contributed by atoms with E-state index in [-0.39, 0.29) is 20.6 Å². The van der Waals surface area contributed by atoms with Crippen LogP contribution in [0.1, 0.15) is 6.92 Å². The van der Waals surface area contributed by atoms with Crippen molar-refractivity contribution in [3.63, 3.8) is 0 Å². The summed E-state index contributed by atoms with van der Waals surface area (Å²) in [4.78, 5) is 11.3. The zero-order valence-corrected chi connectivity index (χ0v) is 15.4. The van der Waals surface area contributed by atoms with Crippen molar-refractivity contribution in [2.45, 2.75) is 17.9 Å². The number of halogens is 3. The molecule has 2 aromatic rings. The van der Waals surface area contributed by atoms with Crippen LogP contribution in [0.3, 0.4) is 0 Å². The Balaban J connectivity index is 2.66. The van der Waals surface area contributed by atoms with Crippen molar-refractivity contribution < 1.29 is 18.3 Å². The number of benzene rings is 2. The van der Waals surface area contributed by atoms with E-state index in [0.29, 0.717) is 5.02 Å². The Bertz CT molecular complexity index is 849. The number of hydrogen-bond acceptors (Lipinski definition) is 3. The van der Waals surface area contributed by atoms with Crippen LogP contribution in [0.2, 0.25) is 15.1 Å². The SMILES string of the molecule is CC(C(=O)O)N(c1cc(Cl)cc(Cl)c1)S(=O)(=O)c1ccc(Cl)cc1. The second-order valence-electron chi connectivity index (χ2n) is 4.90. The molecular weight excluding hydrogens is 397 g/mol. The summed E-state index contributed by atoms with van der Waals surface area (Å²) < 4.78 is 26.7. The van der Waals surface area contributed by atoms with Crippen LogP contribution in [0, 0.1) is 0 Å². The van der Waals surface area contributed by atoms with E-state index in [9.17, 15) is 18.3 Å². The molecule has 1 atom stereocenters. The van der Waals surface area contributed by atoms with Crippen LogP contribution < -0.4 is 4.31 Å². The summed E-state index contributed by atoms with van der Waals surface area (Å²) in [5.74, 6) is -1.32. The molecule has 0 aliphatic rings. The van der Waals surface area contributed by atoms with Gasteiger partial charge in [-0.15, -0.1) is 0 Å². The van der Waals surface area contributed by atoms with Gasteiger partial charge < -0.3 is 5.11 Å². The van der Waals surface area contributed by atoms with E-state index >= 15 is 0 Å². The van der Waals surface area contributed by atoms with Gasteiger partial charge in [0.2, 0.25) is 0 Å². The fourth-order valence-electron chi connectivity index (χ4n) is 2.06. The zero-order valence-electron chi connectivity index (χ0n) is 12.3. The van der Waals surface area contributed by atoms with Crippen LogP contribution in [-0.4, -0.2) is 25.5 Å². The molecule has 0 saturated carbocycles. The van der Waals surface area contributed by atoms with E-state index in [1.807, 2.05) is 0 Å². The standard InChI is InChI=1S/C15H12Cl3NO4S/c1-9(15(20)21)19(13-7-11(17)6-12(18)8-13)24(22,23)14-4-2-10(16)3-5-14/h2-9H,1H3,(H,20,21). The molecule has 128 valence electrons. The zero-order chi connectivity index (χ0) is 18.1. The van der Waals surface area contributed by atoms with Gasteiger partial charge >= 0.3 is 5.97 Å². The van der Waals surface area contributed by atoms with E-state index in [4.69, 9.17) is 34.8 Å². The Kier molecular flexibility index (Phi) is 5.65. The average molecular weight is 409 g/mol. The molecule has 0 bridgehead atoms. The summed E-state index contributed by atoms with van der Waals surface area (Å²) >= 11 is 17.6. The highest BCUT2D eigenvalue weighted by molar-refractivity contribution is 7.93. The average Bonchev–Trinajstić information content (AvgIpc) is 2.46. The summed E-state index contributed by atoms with van der Waals surface area (Å²) in [6, 6.07) is 8.12. The third-order valence-electron chi connectivity index (χ3n) is 3.18. The molecule has 1 unspecified atom stereocenters. The molecule has 0 amide bonds. The minimum atomic E-state index is -4.17. The second kappa shape index (κ2) is 7.19. The Morgan fingerprint density at radius 3 is 1.96 bits per heavy atom. The highest BCUT2D eigenvalue weighted by Gasteiger charge is 2.33. The molecule has 1 N–H and O–H groups in total. The lowest BCUT2D eigenvalue weighted by Gasteiger charge is -2.28.